The van der Waals surface area contributed by atoms with E-state index < -0.39 is 77.4 Å². The van der Waals surface area contributed by atoms with Gasteiger partial charge in [-0.2, -0.15) is 18.8 Å². The number of nitrogens with two attached hydrogens (primary N) is 3. The van der Waals surface area contributed by atoms with Crippen molar-refractivity contribution in [2.24, 2.45) is 17.2 Å². The highest BCUT2D eigenvalue weighted by molar-refractivity contribution is 9.11. The molecule has 10 aromatic carbocycles. The van der Waals surface area contributed by atoms with Crippen molar-refractivity contribution in [1.29, 1.82) is 5.26 Å². The van der Waals surface area contributed by atoms with Crippen LogP contribution in [-0.4, -0.2) is 169 Å². The molecule has 0 spiro atoms. The predicted octanol–water partition coefficient (Wildman–Crippen LogP) is 16.7. The molecule has 10 aromatic rings. The average molecular weight is 2540 g/mol. The standard InChI is InChI=1S/C28H25ClF2N2O4.C18H16ClF2NO.C11H13NO4.C10H11BrO3.C10H11NO4.C9H8BrNO.C9H9BrO3.ClH.S5.S4.S3.S2.H2S/c1-37-20-10-16(9-18(12-20)28(32)36)11-26(35)33-15-19(30)14-24(33)25(34)13-17-5-4-7-22(27(17)31)21-6-2-3-8-23(21)29;19-15-7-2-1-5-13(15)14-6-3-4-11(18(14)21)8-17(23)16-9-12(20)10-22-16;1-15-9-4-7(5-10(13)16-2)3-8(6-9)11(12)14;1-13-9-4-7(3-8(11)6-9)5-10(12)14-2;1-15-8-3-6(4-9(12)13)2-7(5-8)10(11)14;1-12-9-5-7(2-3-11)4-8(10)6-9;1-13-8-3-6(4-9(11)12)2-7(10)5-8;;1-3-5-4-2;1-3-4-2;1-3-2;1-2;/h2-10,12,19,24H,11,13-15H2,1H3,(H2,32,36);1-7,12,16,22H,8-10H2;3-4,6H,5H2,1-2H3,(H2,12,14);3-4,6H,5H2,1-2H3;2-3,5H,4H2,1H3,(H2,11,14)(H,12,13);4-6H,2H2,1H3;2-3,5H,4H2,1H3,(H,11,12);1H;;;;;1H2/t19-,24+;12-,16+;;;;;;;;;;;/m11.........../s1. The van der Waals surface area contributed by atoms with Crippen LogP contribution in [-0.2, 0) is 237 Å². The number of hydrogen-bond donors (Lipinski definition) is 6. The van der Waals surface area contributed by atoms with Crippen LogP contribution in [0.1, 0.15) is 88.4 Å². The molecular weight excluding hydrogens is 2450 g/mol. The van der Waals surface area contributed by atoms with E-state index in [2.05, 4.69) is 158 Å². The molecule has 786 valence electrons. The van der Waals surface area contributed by atoms with Gasteiger partial charge in [0.25, 0.3) is 0 Å². The summed E-state index contributed by atoms with van der Waals surface area (Å²) in [6, 6.07) is 53.9. The monoisotopic (exact) mass is 2540 g/mol. The first-order valence-corrected chi connectivity index (χ1v) is 57.3. The van der Waals surface area contributed by atoms with Crippen molar-refractivity contribution in [3.8, 4) is 62.8 Å². The summed E-state index contributed by atoms with van der Waals surface area (Å²) in [6.45, 7) is -0.0669. The topological polar surface area (TPSA) is 402 Å². The smallest absolute Gasteiger partial charge is 0.309 e. The Kier molecular flexibility index (Phi) is 71.8. The van der Waals surface area contributed by atoms with Crippen LogP contribution in [0.15, 0.2) is 208 Å². The summed E-state index contributed by atoms with van der Waals surface area (Å²) in [5.41, 5.74) is 22.5. The Bertz CT molecular complexity index is 6410. The molecule has 2 heterocycles. The minimum atomic E-state index is -1.39. The molecule has 2 aliphatic heterocycles. The number of ketones is 2. The number of amides is 4. The third kappa shape index (κ3) is 52.0. The largest absolute Gasteiger partial charge is 0.497 e. The lowest BCUT2D eigenvalue weighted by atomic mass is 9.96. The van der Waals surface area contributed by atoms with Crippen molar-refractivity contribution in [2.45, 2.75) is 88.6 Å². The zero-order valence-corrected chi connectivity index (χ0v) is 97.7. The molecule has 2 saturated heterocycles. The van der Waals surface area contributed by atoms with E-state index in [9.17, 15) is 61.1 Å². The van der Waals surface area contributed by atoms with E-state index in [1.54, 1.807) is 143 Å². The molecule has 2 aliphatic rings. The maximum Gasteiger partial charge on any atom is 0.309 e. The van der Waals surface area contributed by atoms with Crippen molar-refractivity contribution in [3.05, 3.63) is 290 Å². The second-order valence-corrected chi connectivity index (χ2v) is 43.0. The molecular formula is C95H96Br3Cl3F4N6O20S15. The highest BCUT2D eigenvalue weighted by Crippen LogP contribution is 2.35. The van der Waals surface area contributed by atoms with Crippen LogP contribution in [0.25, 0.3) is 22.3 Å². The number of carboxylic acid groups (broad SMARTS) is 2. The second-order valence-electron chi connectivity index (χ2n) is 28.9. The first kappa shape index (κ1) is 137. The number of methoxy groups -OCH3 is 8. The van der Waals surface area contributed by atoms with Crippen molar-refractivity contribution in [3.63, 3.8) is 0 Å². The van der Waals surface area contributed by atoms with E-state index in [-0.39, 0.29) is 137 Å². The van der Waals surface area contributed by atoms with Crippen molar-refractivity contribution in [1.82, 2.24) is 10.2 Å². The van der Waals surface area contributed by atoms with Gasteiger partial charge < -0.3 is 75.5 Å². The van der Waals surface area contributed by atoms with Crippen LogP contribution >= 0.6 is 96.9 Å². The normalized spacial score (nSPS) is 12.6. The molecule has 9 N–H and O–H groups in total. The number of Topliss-reactive ketones (excluding diaryl/α,β-unsaturated/α-hetero) is 2. The fourth-order valence-corrected chi connectivity index (χ4v) is 17.7. The number of aliphatic carboxylic acids is 2. The van der Waals surface area contributed by atoms with Crippen LogP contribution in [0.5, 0.6) is 34.5 Å². The number of rotatable bonds is 28. The molecule has 12 rings (SSSR count). The molecule has 0 aliphatic carbocycles. The molecule has 0 bridgehead atoms. The van der Waals surface area contributed by atoms with Gasteiger partial charge in [0.15, 0.2) is 11.6 Å². The summed E-state index contributed by atoms with van der Waals surface area (Å²) in [7, 11) is 18.9. The second kappa shape index (κ2) is 76.5. The lowest BCUT2D eigenvalue weighted by Crippen LogP contribution is -2.42. The Balaban J connectivity index is 0.00000170. The van der Waals surface area contributed by atoms with E-state index in [0.717, 1.165) is 50.5 Å². The molecule has 0 saturated carbocycles. The molecule has 26 nitrogen and oxygen atoms in total. The number of nitrogens with one attached hydrogen (secondary N) is 1. The van der Waals surface area contributed by atoms with Gasteiger partial charge >= 0.3 is 23.9 Å². The average Bonchev–Trinajstić information content (AvgIpc) is 1.60. The van der Waals surface area contributed by atoms with Gasteiger partial charge in [-0.25, -0.2) is 17.6 Å². The predicted molar refractivity (Wildman–Crippen MR) is 612 cm³/mol. The van der Waals surface area contributed by atoms with Crippen molar-refractivity contribution in [2.75, 3.05) is 70.0 Å². The molecule has 146 heavy (non-hydrogen) atoms. The van der Waals surface area contributed by atoms with E-state index >= 15 is 4.39 Å². The number of carbonyl (C=O) groups excluding carboxylic acids is 8. The Morgan fingerprint density at radius 2 is 0.767 bits per heavy atom. The molecule has 4 atom stereocenters. The first-order chi connectivity index (χ1) is 68.6. The van der Waals surface area contributed by atoms with Gasteiger partial charge in [0.2, 0.25) is 23.6 Å². The Hall–Kier alpha value is -8.99. The number of alkyl halides is 2. The van der Waals surface area contributed by atoms with Crippen LogP contribution in [0.3, 0.4) is 0 Å². The van der Waals surface area contributed by atoms with Crippen LogP contribution in [0, 0.1) is 23.0 Å². The van der Waals surface area contributed by atoms with Crippen LogP contribution in [0.2, 0.25) is 10.0 Å². The molecule has 0 unspecified atom stereocenters. The first-order valence-electron chi connectivity index (χ1n) is 40.8. The number of primary amides is 3. The van der Waals surface area contributed by atoms with E-state index in [1.165, 1.54) is 121 Å². The minimum absolute atomic E-state index is 0. The summed E-state index contributed by atoms with van der Waals surface area (Å²) in [6.07, 6.45) is -2.38. The number of ether oxygens (including phenoxy) is 8. The van der Waals surface area contributed by atoms with E-state index in [1.807, 2.05) is 36.4 Å². The van der Waals surface area contributed by atoms with Crippen molar-refractivity contribution >= 4 is 299 Å². The number of halogens is 10. The summed E-state index contributed by atoms with van der Waals surface area (Å²) < 4.78 is 99.7. The van der Waals surface area contributed by atoms with Gasteiger partial charge in [-0.1, -0.05) is 144 Å². The van der Waals surface area contributed by atoms with Crippen molar-refractivity contribution < 1.29 is 114 Å². The van der Waals surface area contributed by atoms with E-state index in [0.29, 0.717) is 84.0 Å². The number of carbonyl (C=O) groups is 10. The number of esters is 2. The lowest BCUT2D eigenvalue weighted by Gasteiger charge is -2.24. The number of nitriles is 1. The van der Waals surface area contributed by atoms with Crippen LogP contribution in [0.4, 0.5) is 17.6 Å². The van der Waals surface area contributed by atoms with Gasteiger partial charge in [-0.15, -0.1) is 12.4 Å². The zero-order valence-electron chi connectivity index (χ0n) is 78.2. The highest BCUT2D eigenvalue weighted by atomic mass is 79.9. The van der Waals surface area contributed by atoms with Gasteiger partial charge in [0, 0.05) is 237 Å². The maximum absolute atomic E-state index is 15.4. The zero-order chi connectivity index (χ0) is 108. The molecule has 2 fully saturated rings. The highest BCUT2D eigenvalue weighted by Gasteiger charge is 2.40. The molecule has 0 aromatic heterocycles. The number of carboxylic acids is 2. The lowest BCUT2D eigenvalue weighted by molar-refractivity contribution is -0.140. The summed E-state index contributed by atoms with van der Waals surface area (Å²) in [5, 5.41) is 29.3. The Morgan fingerprint density at radius 1 is 0.445 bits per heavy atom. The fourth-order valence-electron chi connectivity index (χ4n) is 12.9. The van der Waals surface area contributed by atoms with E-state index in [4.69, 9.17) is 84.3 Å². The number of benzene rings is 10. The third-order valence-corrected chi connectivity index (χ3v) is 27.9. The summed E-state index contributed by atoms with van der Waals surface area (Å²) in [5.74, 6) is -3.14. The Labute approximate surface area is 946 Å². The summed E-state index contributed by atoms with van der Waals surface area (Å²) in [4.78, 5) is 116. The van der Waals surface area contributed by atoms with Gasteiger partial charge in [-0.05, 0) is 166 Å². The number of nitrogens with zero attached hydrogens (tertiary/aromatic N) is 2. The maximum atomic E-state index is 15.4. The number of likely N-dealkylation sites (tertiary alicyclic amines) is 1. The third-order valence-electron chi connectivity index (χ3n) is 19.2. The van der Waals surface area contributed by atoms with Gasteiger partial charge in [0.1, 0.15) is 58.5 Å². The minimum Gasteiger partial charge on any atom is -0.497 e. The van der Waals surface area contributed by atoms with Gasteiger partial charge in [-0.3, -0.25) is 47.9 Å². The molecule has 51 heteroatoms. The number of hydrogen-bond acceptors (Lipinski definition) is 28. The Morgan fingerprint density at radius 3 is 1.08 bits per heavy atom. The molecule has 0 radical (unpaired) electrons. The SMILES string of the molecule is COC(=O)Cc1cc(Br)cc(OC)c1.COC(=O)Cc1cc(OC)cc(C(N)=O)c1.COc1cc(Br)cc(CC#N)c1.COc1cc(Br)cc(CC(=O)O)c1.COc1cc(CC(=O)N2C[C@H](F)C[C@H]2C(=O)Cc2cccc(-c3ccccc3Cl)c2F)cc(C(N)=O)c1.COc1cc(CC(=O)O)cc(C(N)=O)c1.Cl.O=C(Cc1cccc(-c2ccccc2Cl)c1F)[C@@H]1C[C@@H](F)CN1.S.S=S.S=S=S.S=S=S=S.S=S=S=S=S. The quantitative estimate of drug-likeness (QED) is 0.0196. The van der Waals surface area contributed by atoms with Crippen LogP contribution < -0.4 is 50.9 Å². The fraction of sp³-hybridized carbons (Fsp3) is 0.253. The molecule has 4 amide bonds. The van der Waals surface area contributed by atoms with Gasteiger partial charge in [0.05, 0.1) is 120 Å². The summed E-state index contributed by atoms with van der Waals surface area (Å²) >= 11 is 55.4.